The van der Waals surface area contributed by atoms with Crippen molar-refractivity contribution >= 4 is 11.0 Å². The van der Waals surface area contributed by atoms with E-state index in [0.29, 0.717) is 24.5 Å². The van der Waals surface area contributed by atoms with Gasteiger partial charge in [0.1, 0.15) is 5.82 Å². The molecule has 3 aromatic heterocycles. The van der Waals surface area contributed by atoms with E-state index in [-0.39, 0.29) is 36.8 Å². The van der Waals surface area contributed by atoms with Gasteiger partial charge in [0.2, 0.25) is 5.56 Å². The predicted octanol–water partition coefficient (Wildman–Crippen LogP) is 4.65. The van der Waals surface area contributed by atoms with Crippen molar-refractivity contribution < 1.29 is 17.9 Å². The molecule has 4 aliphatic rings. The molecule has 0 N–H and O–H groups in total. The normalized spacial score (nSPS) is 30.6. The van der Waals surface area contributed by atoms with Crippen LogP contribution in [0.1, 0.15) is 66.9 Å². The lowest BCUT2D eigenvalue weighted by molar-refractivity contribution is -0.337. The van der Waals surface area contributed by atoms with Crippen LogP contribution in [-0.4, -0.2) is 32.3 Å². The lowest BCUT2D eigenvalue weighted by Crippen LogP contribution is -2.70. The van der Waals surface area contributed by atoms with Crippen molar-refractivity contribution in [2.45, 2.75) is 62.6 Å². The van der Waals surface area contributed by atoms with Gasteiger partial charge in [0.15, 0.2) is 5.65 Å². The topological polar surface area (TPSA) is 69.9 Å². The lowest BCUT2D eigenvalue weighted by Gasteiger charge is -2.70. The van der Waals surface area contributed by atoms with Crippen LogP contribution in [0.3, 0.4) is 0 Å². The minimum absolute atomic E-state index is 0.00891. The van der Waals surface area contributed by atoms with Gasteiger partial charge in [-0.3, -0.25) is 4.79 Å². The van der Waals surface area contributed by atoms with Crippen LogP contribution in [0.4, 0.5) is 13.2 Å². The quantitative estimate of drug-likeness (QED) is 0.557. The van der Waals surface area contributed by atoms with Gasteiger partial charge >= 0.3 is 6.18 Å². The molecule has 0 spiro atoms. The van der Waals surface area contributed by atoms with E-state index in [0.717, 1.165) is 28.8 Å². The second-order valence-electron chi connectivity index (χ2n) is 10.3. The first-order valence-electron chi connectivity index (χ1n) is 11.6. The van der Waals surface area contributed by atoms with Crippen molar-refractivity contribution in [3.05, 3.63) is 63.6 Å². The summed E-state index contributed by atoms with van der Waals surface area (Å²) in [7, 11) is 1.70. The summed E-state index contributed by atoms with van der Waals surface area (Å²) < 4.78 is 48.1. The van der Waals surface area contributed by atoms with E-state index in [1.54, 1.807) is 19.3 Å². The lowest BCUT2D eigenvalue weighted by atomic mass is 9.33. The number of nitrogens with zero attached hydrogens (tertiary/aromatic N) is 4. The second kappa shape index (κ2) is 7.10. The largest absolute Gasteiger partial charge is 0.394 e. The molecule has 0 amide bonds. The summed E-state index contributed by atoms with van der Waals surface area (Å²) in [5.41, 5.74) is 0.818. The van der Waals surface area contributed by atoms with Gasteiger partial charge in [0.05, 0.1) is 17.2 Å². The molecule has 0 aromatic carbocycles. The molecule has 2 bridgehead atoms. The summed E-state index contributed by atoms with van der Waals surface area (Å²) in [6.45, 7) is 2.39. The Bertz CT molecular complexity index is 1350. The SMILES string of the molecule is Cc1ccc2c(C34CC(C(F)(F)F)(C3)C4)nc([C@H]3CCO[C@@H](c4ccc(=O)n(C)c4)C3)nc2n1. The highest BCUT2D eigenvalue weighted by atomic mass is 19.4. The highest BCUT2D eigenvalue weighted by Crippen LogP contribution is 2.78. The predicted molar refractivity (Wildman–Crippen MR) is 118 cm³/mol. The first-order valence-corrected chi connectivity index (χ1v) is 11.6. The van der Waals surface area contributed by atoms with Crippen molar-refractivity contribution in [2.75, 3.05) is 6.61 Å². The van der Waals surface area contributed by atoms with E-state index in [2.05, 4.69) is 4.98 Å². The van der Waals surface area contributed by atoms with Gasteiger partial charge in [-0.15, -0.1) is 0 Å². The monoisotopic (exact) mass is 470 g/mol. The highest BCUT2D eigenvalue weighted by Gasteiger charge is 2.79. The number of rotatable bonds is 3. The Morgan fingerprint density at radius 3 is 2.56 bits per heavy atom. The molecule has 1 aliphatic heterocycles. The van der Waals surface area contributed by atoms with E-state index in [9.17, 15) is 18.0 Å². The zero-order valence-corrected chi connectivity index (χ0v) is 19.0. The van der Waals surface area contributed by atoms with Crippen molar-refractivity contribution in [1.82, 2.24) is 19.5 Å². The Labute approximate surface area is 194 Å². The van der Waals surface area contributed by atoms with Gasteiger partial charge in [-0.1, -0.05) is 0 Å². The zero-order valence-electron chi connectivity index (χ0n) is 19.0. The Kier molecular flexibility index (Phi) is 4.53. The molecular formula is C25H25F3N4O2. The molecule has 0 unspecified atom stereocenters. The standard InChI is InChI=1S/C25H25F3N4O2/c1-14-3-5-17-20(23-11-24(12-23,13-23)25(26,27)28)30-21(31-22(17)29-14)15-7-8-34-18(9-15)16-4-6-19(33)32(2)10-16/h3-6,10,15,18H,7-9,11-13H2,1-2H3/t15-,18+,23?,24?/m0/s1. The van der Waals surface area contributed by atoms with Crippen LogP contribution in [0.2, 0.25) is 0 Å². The van der Waals surface area contributed by atoms with Crippen LogP contribution in [0.5, 0.6) is 0 Å². The number of aromatic nitrogens is 4. The highest BCUT2D eigenvalue weighted by molar-refractivity contribution is 5.79. The number of fused-ring (bicyclic) bond motifs is 1. The molecule has 4 fully saturated rings. The van der Waals surface area contributed by atoms with Crippen LogP contribution < -0.4 is 5.56 Å². The fraction of sp³-hybridized carbons (Fsp3) is 0.520. The molecule has 3 saturated carbocycles. The van der Waals surface area contributed by atoms with E-state index in [1.165, 1.54) is 10.6 Å². The molecule has 0 radical (unpaired) electrons. The fourth-order valence-electron chi connectivity index (χ4n) is 6.12. The second-order valence-corrected chi connectivity index (χ2v) is 10.3. The van der Waals surface area contributed by atoms with Gasteiger partial charge in [0, 0.05) is 48.3 Å². The number of aryl methyl sites for hydroxylation is 2. The molecule has 178 valence electrons. The maximum atomic E-state index is 13.5. The average molecular weight is 470 g/mol. The Morgan fingerprint density at radius 2 is 1.85 bits per heavy atom. The maximum absolute atomic E-state index is 13.5. The summed E-state index contributed by atoms with van der Waals surface area (Å²) in [6, 6.07) is 7.07. The Balaban J connectivity index is 1.36. The summed E-state index contributed by atoms with van der Waals surface area (Å²) in [4.78, 5) is 26.1. The minimum atomic E-state index is -4.17. The number of pyridine rings is 2. The smallest absolute Gasteiger partial charge is 0.373 e. The molecule has 9 heteroatoms. The van der Waals surface area contributed by atoms with Crippen LogP contribution >= 0.6 is 0 Å². The summed E-state index contributed by atoms with van der Waals surface area (Å²) in [5.74, 6) is 0.620. The number of halogens is 3. The van der Waals surface area contributed by atoms with Crippen molar-refractivity contribution in [2.24, 2.45) is 12.5 Å². The number of hydrogen-bond donors (Lipinski definition) is 0. The third kappa shape index (κ3) is 3.12. The first-order chi connectivity index (χ1) is 16.1. The number of alkyl halides is 3. The van der Waals surface area contributed by atoms with Gasteiger partial charge in [-0.05, 0) is 62.8 Å². The molecular weight excluding hydrogens is 445 g/mol. The minimum Gasteiger partial charge on any atom is -0.373 e. The molecule has 4 heterocycles. The van der Waals surface area contributed by atoms with Crippen molar-refractivity contribution in [3.63, 3.8) is 0 Å². The first kappa shape index (κ1) is 21.7. The van der Waals surface area contributed by atoms with Crippen LogP contribution in [0.15, 0.2) is 35.3 Å². The molecule has 3 aliphatic carbocycles. The Hall–Kier alpha value is -2.81. The van der Waals surface area contributed by atoms with E-state index in [1.807, 2.05) is 19.1 Å². The molecule has 2 atom stereocenters. The van der Waals surface area contributed by atoms with Gasteiger partial charge in [-0.2, -0.15) is 13.2 Å². The molecule has 3 aromatic rings. The summed E-state index contributed by atoms with van der Waals surface area (Å²) in [6.07, 6.45) is -0.953. The van der Waals surface area contributed by atoms with Crippen LogP contribution in [0, 0.1) is 12.3 Å². The molecule has 6 nitrogen and oxygen atoms in total. The van der Waals surface area contributed by atoms with Crippen molar-refractivity contribution in [1.29, 1.82) is 0 Å². The number of hydrogen-bond acceptors (Lipinski definition) is 5. The van der Waals surface area contributed by atoms with Crippen LogP contribution in [-0.2, 0) is 17.2 Å². The number of ether oxygens (including phenoxy) is 1. The van der Waals surface area contributed by atoms with Gasteiger partial charge in [0.25, 0.3) is 0 Å². The average Bonchev–Trinajstić information content (AvgIpc) is 2.72. The molecule has 1 saturated heterocycles. The third-order valence-electron chi connectivity index (χ3n) is 7.98. The van der Waals surface area contributed by atoms with E-state index >= 15 is 0 Å². The van der Waals surface area contributed by atoms with Gasteiger partial charge in [-0.25, -0.2) is 15.0 Å². The third-order valence-corrected chi connectivity index (χ3v) is 7.98. The maximum Gasteiger partial charge on any atom is 0.394 e. The summed E-state index contributed by atoms with van der Waals surface area (Å²) >= 11 is 0. The Morgan fingerprint density at radius 1 is 1.09 bits per heavy atom. The van der Waals surface area contributed by atoms with E-state index < -0.39 is 17.0 Å². The van der Waals surface area contributed by atoms with Crippen molar-refractivity contribution in [3.8, 4) is 0 Å². The molecule has 34 heavy (non-hydrogen) atoms. The van der Waals surface area contributed by atoms with Crippen LogP contribution in [0.25, 0.3) is 11.0 Å². The summed E-state index contributed by atoms with van der Waals surface area (Å²) in [5, 5.41) is 0.756. The fourth-order valence-corrected chi connectivity index (χ4v) is 6.12. The molecule has 7 rings (SSSR count). The van der Waals surface area contributed by atoms with Gasteiger partial charge < -0.3 is 9.30 Å². The van der Waals surface area contributed by atoms with E-state index in [4.69, 9.17) is 14.7 Å². The zero-order chi connectivity index (χ0) is 23.9.